The van der Waals surface area contributed by atoms with Crippen molar-refractivity contribution in [3.05, 3.63) is 35.9 Å². The molecule has 0 radical (unpaired) electrons. The van der Waals surface area contributed by atoms with Gasteiger partial charge in [-0.05, 0) is 30.2 Å². The van der Waals surface area contributed by atoms with Gasteiger partial charge in [-0.3, -0.25) is 0 Å². The van der Waals surface area contributed by atoms with Crippen molar-refractivity contribution >= 4 is 11.8 Å². The number of rotatable bonds is 4. The lowest BCUT2D eigenvalue weighted by Crippen LogP contribution is -2.39. The number of thiocyanates is 1. The largest absolute Gasteiger partial charge is 0.309 e. The van der Waals surface area contributed by atoms with Crippen molar-refractivity contribution < 1.29 is 0 Å². The van der Waals surface area contributed by atoms with Crippen molar-refractivity contribution in [1.82, 2.24) is 5.32 Å². The molecule has 0 bridgehead atoms. The molecular weight excluding hydrogens is 228 g/mol. The Hall–Kier alpha value is -0.980. The van der Waals surface area contributed by atoms with Gasteiger partial charge < -0.3 is 5.32 Å². The summed E-state index contributed by atoms with van der Waals surface area (Å²) in [4.78, 5) is 0. The normalized spacial score (nSPS) is 24.2. The lowest BCUT2D eigenvalue weighted by Gasteiger charge is -2.30. The fraction of sp³-hybridized carbons (Fsp3) is 0.500. The molecule has 0 aromatic heterocycles. The molecule has 1 saturated carbocycles. The van der Waals surface area contributed by atoms with Gasteiger partial charge in [-0.2, -0.15) is 5.26 Å². The molecule has 0 aliphatic heterocycles. The van der Waals surface area contributed by atoms with Gasteiger partial charge in [-0.15, -0.1) is 0 Å². The highest BCUT2D eigenvalue weighted by Crippen LogP contribution is 2.28. The highest BCUT2D eigenvalue weighted by molar-refractivity contribution is 8.04. The number of thioether (sulfide) groups is 1. The number of nitrogens with one attached hydrogen (secondary N) is 1. The summed E-state index contributed by atoms with van der Waals surface area (Å²) in [5.74, 6) is 0. The minimum absolute atomic E-state index is 0.470. The highest BCUT2D eigenvalue weighted by atomic mass is 32.2. The molecule has 2 atom stereocenters. The van der Waals surface area contributed by atoms with Crippen LogP contribution in [0, 0.1) is 10.7 Å². The molecule has 0 spiro atoms. The molecule has 17 heavy (non-hydrogen) atoms. The topological polar surface area (TPSA) is 35.8 Å². The van der Waals surface area contributed by atoms with E-state index in [1.54, 1.807) is 0 Å². The quantitative estimate of drug-likeness (QED) is 0.828. The second kappa shape index (κ2) is 6.68. The van der Waals surface area contributed by atoms with Crippen molar-refractivity contribution in [2.75, 3.05) is 0 Å². The van der Waals surface area contributed by atoms with Gasteiger partial charge in [-0.25, -0.2) is 0 Å². The third kappa shape index (κ3) is 3.76. The zero-order valence-corrected chi connectivity index (χ0v) is 10.7. The number of hydrogen-bond donors (Lipinski definition) is 1. The van der Waals surface area contributed by atoms with Crippen molar-refractivity contribution in [2.45, 2.75) is 43.5 Å². The molecule has 2 rings (SSSR count). The Balaban J connectivity index is 1.86. The van der Waals surface area contributed by atoms with Crippen LogP contribution in [0.5, 0.6) is 0 Å². The van der Waals surface area contributed by atoms with Gasteiger partial charge in [0.05, 0.1) is 0 Å². The van der Waals surface area contributed by atoms with E-state index in [1.807, 2.05) is 6.07 Å². The van der Waals surface area contributed by atoms with Gasteiger partial charge in [0.2, 0.25) is 0 Å². The van der Waals surface area contributed by atoms with Crippen LogP contribution in [0.15, 0.2) is 30.3 Å². The Morgan fingerprint density at radius 3 is 2.76 bits per heavy atom. The van der Waals surface area contributed by atoms with Crippen LogP contribution >= 0.6 is 11.8 Å². The number of nitrogens with zero attached hydrogens (tertiary/aromatic N) is 1. The van der Waals surface area contributed by atoms with Crippen LogP contribution in [0.4, 0.5) is 0 Å². The summed E-state index contributed by atoms with van der Waals surface area (Å²) in [6.07, 6.45) is 4.93. The molecule has 1 aromatic carbocycles. The Morgan fingerprint density at radius 1 is 1.24 bits per heavy atom. The first-order valence-electron chi connectivity index (χ1n) is 6.22. The Morgan fingerprint density at radius 2 is 2.00 bits per heavy atom. The first kappa shape index (κ1) is 12.5. The molecule has 0 amide bonds. The third-order valence-corrected chi connectivity index (χ3v) is 4.29. The first-order chi connectivity index (χ1) is 8.40. The standard InChI is InChI=1S/C14H18N2S/c15-11-17-14-9-5-4-8-13(14)16-10-12-6-2-1-3-7-12/h1-3,6-7,13-14,16H,4-5,8-10H2/t13-,14-/m1/s1. The van der Waals surface area contributed by atoms with E-state index in [2.05, 4.69) is 35.0 Å². The minimum atomic E-state index is 0.470. The van der Waals surface area contributed by atoms with Crippen LogP contribution in [0.2, 0.25) is 0 Å². The Bertz CT molecular complexity index is 372. The predicted octanol–water partition coefficient (Wildman–Crippen LogP) is 3.30. The lowest BCUT2D eigenvalue weighted by atomic mass is 9.94. The maximum atomic E-state index is 8.81. The maximum absolute atomic E-state index is 8.81. The van der Waals surface area contributed by atoms with Crippen molar-refractivity contribution in [1.29, 1.82) is 5.26 Å². The summed E-state index contributed by atoms with van der Waals surface area (Å²) in [5.41, 5.74) is 1.32. The predicted molar refractivity (Wildman–Crippen MR) is 72.5 cm³/mol. The molecule has 0 saturated heterocycles. The average molecular weight is 246 g/mol. The molecule has 1 aliphatic carbocycles. The summed E-state index contributed by atoms with van der Waals surface area (Å²) in [6.45, 7) is 0.911. The lowest BCUT2D eigenvalue weighted by molar-refractivity contribution is 0.383. The first-order valence-corrected chi connectivity index (χ1v) is 7.10. The van der Waals surface area contributed by atoms with E-state index in [0.29, 0.717) is 11.3 Å². The van der Waals surface area contributed by atoms with Crippen LogP contribution in [-0.2, 0) is 6.54 Å². The average Bonchev–Trinajstić information content (AvgIpc) is 2.39. The van der Waals surface area contributed by atoms with E-state index in [9.17, 15) is 0 Å². The highest BCUT2D eigenvalue weighted by Gasteiger charge is 2.24. The molecule has 3 heteroatoms. The SMILES string of the molecule is N#CS[C@@H]1CCCC[C@H]1NCc1ccccc1. The van der Waals surface area contributed by atoms with Gasteiger partial charge in [0.15, 0.2) is 0 Å². The second-order valence-corrected chi connectivity index (χ2v) is 5.53. The van der Waals surface area contributed by atoms with E-state index in [1.165, 1.54) is 43.0 Å². The number of benzene rings is 1. The van der Waals surface area contributed by atoms with Crippen LogP contribution in [0.3, 0.4) is 0 Å². The van der Waals surface area contributed by atoms with Gasteiger partial charge in [0.1, 0.15) is 5.40 Å². The molecule has 1 N–H and O–H groups in total. The minimum Gasteiger partial charge on any atom is -0.309 e. The van der Waals surface area contributed by atoms with E-state index in [0.717, 1.165) is 6.54 Å². The summed E-state index contributed by atoms with van der Waals surface area (Å²) < 4.78 is 0. The van der Waals surface area contributed by atoms with Crippen LogP contribution in [-0.4, -0.2) is 11.3 Å². The smallest absolute Gasteiger partial charge is 0.133 e. The summed E-state index contributed by atoms with van der Waals surface area (Å²) in [5, 5.41) is 15.1. The van der Waals surface area contributed by atoms with Crippen molar-refractivity contribution in [3.63, 3.8) is 0 Å². The van der Waals surface area contributed by atoms with Crippen molar-refractivity contribution in [2.24, 2.45) is 0 Å². The zero-order valence-electron chi connectivity index (χ0n) is 9.93. The molecular formula is C14H18N2S. The Labute approximate surface area is 107 Å². The van der Waals surface area contributed by atoms with Crippen LogP contribution < -0.4 is 5.32 Å². The van der Waals surface area contributed by atoms with Gasteiger partial charge in [0, 0.05) is 17.8 Å². The molecule has 1 aromatic rings. The molecule has 2 nitrogen and oxygen atoms in total. The summed E-state index contributed by atoms with van der Waals surface area (Å²) in [7, 11) is 0. The second-order valence-electron chi connectivity index (χ2n) is 4.51. The van der Waals surface area contributed by atoms with E-state index >= 15 is 0 Å². The van der Waals surface area contributed by atoms with Crippen molar-refractivity contribution in [3.8, 4) is 5.40 Å². The fourth-order valence-corrected chi connectivity index (χ4v) is 3.20. The van der Waals surface area contributed by atoms with Gasteiger partial charge in [0.25, 0.3) is 0 Å². The number of hydrogen-bond acceptors (Lipinski definition) is 3. The maximum Gasteiger partial charge on any atom is 0.133 e. The fourth-order valence-electron chi connectivity index (χ4n) is 2.38. The van der Waals surface area contributed by atoms with E-state index in [4.69, 9.17) is 5.26 Å². The summed E-state index contributed by atoms with van der Waals surface area (Å²) in [6, 6.07) is 11.0. The monoisotopic (exact) mass is 246 g/mol. The van der Waals surface area contributed by atoms with Crippen LogP contribution in [0.25, 0.3) is 0 Å². The van der Waals surface area contributed by atoms with Crippen LogP contribution in [0.1, 0.15) is 31.2 Å². The Kier molecular flexibility index (Phi) is 4.90. The molecule has 0 unspecified atom stereocenters. The third-order valence-electron chi connectivity index (χ3n) is 3.32. The van der Waals surface area contributed by atoms with Gasteiger partial charge in [-0.1, -0.05) is 43.2 Å². The van der Waals surface area contributed by atoms with Gasteiger partial charge >= 0.3 is 0 Å². The molecule has 1 fully saturated rings. The van der Waals surface area contributed by atoms with E-state index < -0.39 is 0 Å². The molecule has 0 heterocycles. The molecule has 1 aliphatic rings. The zero-order chi connectivity index (χ0) is 11.9. The number of nitriles is 1. The van der Waals surface area contributed by atoms with E-state index in [-0.39, 0.29) is 0 Å². The summed E-state index contributed by atoms with van der Waals surface area (Å²) >= 11 is 1.44. The molecule has 90 valence electrons.